The Morgan fingerprint density at radius 3 is 2.51 bits per heavy atom. The van der Waals surface area contributed by atoms with Crippen LogP contribution in [0.2, 0.25) is 0 Å². The lowest BCUT2D eigenvalue weighted by molar-refractivity contribution is -0.140. The van der Waals surface area contributed by atoms with E-state index in [1.807, 2.05) is 19.9 Å². The molecule has 4 aliphatic rings. The second kappa shape index (κ2) is 19.3. The third-order valence-electron chi connectivity index (χ3n) is 12.7. The predicted molar refractivity (Wildman–Crippen MR) is 239 cm³/mol. The minimum atomic E-state index is -4.63. The number of benzene rings is 2. The van der Waals surface area contributed by atoms with E-state index < -0.39 is 83.8 Å². The highest BCUT2D eigenvalue weighted by Gasteiger charge is 2.66. The molecular formula is C46H54F3N6O8PS. The largest absolute Gasteiger partial charge is 0.494 e. The summed E-state index contributed by atoms with van der Waals surface area (Å²) in [6, 6.07) is 5.52. The van der Waals surface area contributed by atoms with Gasteiger partial charge in [-0.15, -0.1) is 11.3 Å². The molecule has 4 N–H and O–H groups in total. The fourth-order valence-electron chi connectivity index (χ4n) is 9.17. The minimum Gasteiger partial charge on any atom is -0.494 e. The highest BCUT2D eigenvalue weighted by Crippen LogP contribution is 2.71. The lowest BCUT2D eigenvalue weighted by Crippen LogP contribution is -2.55. The smallest absolute Gasteiger partial charge is 0.408 e. The molecule has 3 amide bonds. The summed E-state index contributed by atoms with van der Waals surface area (Å²) < 4.78 is 78.0. The highest BCUT2D eigenvalue weighted by molar-refractivity contribution is 7.59. The van der Waals surface area contributed by atoms with Gasteiger partial charge in [0.2, 0.25) is 19.2 Å². The Labute approximate surface area is 379 Å². The number of anilines is 1. The van der Waals surface area contributed by atoms with Crippen LogP contribution in [0.15, 0.2) is 53.9 Å². The molecule has 348 valence electrons. The van der Waals surface area contributed by atoms with E-state index in [9.17, 15) is 32.6 Å². The lowest BCUT2D eigenvalue weighted by Gasteiger charge is -2.31. The summed E-state index contributed by atoms with van der Waals surface area (Å²) in [5, 5.41) is 9.74. The van der Waals surface area contributed by atoms with Gasteiger partial charge in [0.05, 0.1) is 25.5 Å². The van der Waals surface area contributed by atoms with Gasteiger partial charge in [0.25, 0.3) is 0 Å². The zero-order chi connectivity index (χ0) is 46.0. The molecule has 65 heavy (non-hydrogen) atoms. The topological polar surface area (TPSA) is 181 Å². The van der Waals surface area contributed by atoms with Crippen molar-refractivity contribution in [3.63, 3.8) is 0 Å². The van der Waals surface area contributed by atoms with Gasteiger partial charge in [-0.25, -0.2) is 27.9 Å². The van der Waals surface area contributed by atoms with Crippen molar-refractivity contribution >= 4 is 52.6 Å². The van der Waals surface area contributed by atoms with Gasteiger partial charge in [-0.05, 0) is 89.5 Å². The van der Waals surface area contributed by atoms with Gasteiger partial charge in [0.1, 0.15) is 58.2 Å². The van der Waals surface area contributed by atoms with E-state index in [-0.39, 0.29) is 60.4 Å². The second-order valence-electron chi connectivity index (χ2n) is 17.7. The van der Waals surface area contributed by atoms with Gasteiger partial charge < -0.3 is 40.0 Å². The van der Waals surface area contributed by atoms with Crippen molar-refractivity contribution in [1.82, 2.24) is 25.5 Å². The molecule has 2 aromatic heterocycles. The van der Waals surface area contributed by atoms with Crippen LogP contribution in [0, 0.1) is 23.4 Å². The molecule has 0 bridgehead atoms. The fourth-order valence-corrected chi connectivity index (χ4v) is 12.4. The number of alkyl carbamates (subject to hydrolysis) is 1. The number of carbonyl (C=O) groups excluding carboxylic acids is 3. The van der Waals surface area contributed by atoms with E-state index in [2.05, 4.69) is 25.9 Å². The third kappa shape index (κ3) is 9.99. The van der Waals surface area contributed by atoms with E-state index >= 15 is 4.39 Å². The number of nitrogens with zero attached hydrogens (tertiary/aromatic N) is 3. The van der Waals surface area contributed by atoms with Crippen LogP contribution < -0.4 is 25.4 Å². The molecule has 2 saturated carbocycles. The van der Waals surface area contributed by atoms with E-state index in [1.54, 1.807) is 23.6 Å². The highest BCUT2D eigenvalue weighted by atomic mass is 32.1. The van der Waals surface area contributed by atoms with Gasteiger partial charge in [-0.1, -0.05) is 31.1 Å². The van der Waals surface area contributed by atoms with Crippen LogP contribution in [0.1, 0.15) is 90.0 Å². The van der Waals surface area contributed by atoms with E-state index in [4.69, 9.17) is 14.2 Å². The maximum Gasteiger partial charge on any atom is 0.408 e. The van der Waals surface area contributed by atoms with Crippen LogP contribution in [-0.4, -0.2) is 86.9 Å². The quantitative estimate of drug-likeness (QED) is 0.0834. The van der Waals surface area contributed by atoms with Crippen LogP contribution in [-0.2, 0) is 25.1 Å². The molecule has 0 radical (unpaired) electrons. The number of fused-ring (bicyclic) bond motifs is 3. The Hall–Kier alpha value is -5.19. The van der Waals surface area contributed by atoms with Gasteiger partial charge in [0.15, 0.2) is 16.7 Å². The van der Waals surface area contributed by atoms with Gasteiger partial charge >= 0.3 is 6.09 Å². The number of amides is 3. The van der Waals surface area contributed by atoms with Crippen molar-refractivity contribution in [3.05, 3.63) is 76.9 Å². The normalized spacial score (nSPS) is 25.0. The number of methoxy groups -OCH3 is 1. The summed E-state index contributed by atoms with van der Waals surface area (Å²) in [6.45, 7) is 3.77. The molecule has 4 aromatic rings. The van der Waals surface area contributed by atoms with Crippen molar-refractivity contribution in [2.24, 2.45) is 5.92 Å². The molecule has 3 fully saturated rings. The lowest BCUT2D eigenvalue weighted by atomic mass is 10.0. The average Bonchev–Trinajstić information content (AvgIpc) is 3.68. The molecule has 8 rings (SSSR count). The SMILES string of the molecule is COc1ccc2c(O[C@@H]3C[C@H]4C(=O)N[C@]5(P(=O)(O)Cc6c(F)cccc6F)C[C@H]5C=CCCCCC[C@H](NC(=O)OC5CCCC5)C(=O)N4C3)cc(-c3csc(NC(C)C)n3)nc2c1F. The van der Waals surface area contributed by atoms with Crippen LogP contribution in [0.4, 0.5) is 23.1 Å². The van der Waals surface area contributed by atoms with Crippen molar-refractivity contribution < 1.29 is 51.2 Å². The number of nitrogens with one attached hydrogen (secondary N) is 3. The number of rotatable bonds is 11. The molecule has 6 atom stereocenters. The predicted octanol–water partition coefficient (Wildman–Crippen LogP) is 8.81. The molecule has 2 aliphatic heterocycles. The first-order valence-corrected chi connectivity index (χ1v) is 25.0. The maximum absolute atomic E-state index is 16.0. The number of aromatic nitrogens is 2. The summed E-state index contributed by atoms with van der Waals surface area (Å²) >= 11 is 1.35. The van der Waals surface area contributed by atoms with Crippen LogP contribution in [0.5, 0.6) is 11.5 Å². The number of allylic oxidation sites excluding steroid dienone is 1. The van der Waals surface area contributed by atoms with Crippen molar-refractivity contribution in [2.45, 2.75) is 126 Å². The van der Waals surface area contributed by atoms with Gasteiger partial charge in [-0.3, -0.25) is 14.2 Å². The van der Waals surface area contributed by atoms with Gasteiger partial charge in [0, 0.05) is 40.8 Å². The third-order valence-corrected chi connectivity index (χ3v) is 16.1. The molecule has 2 aliphatic carbocycles. The number of ether oxygens (including phenoxy) is 3. The van der Waals surface area contributed by atoms with E-state index in [1.165, 1.54) is 29.4 Å². The standard InChI is InChI=1S/C46H54F3N6O8PS/c1-26(2)50-44-52-36(25-65-44)35-21-39(30-18-19-38(61-3)40(49)41(30)51-35)62-29-20-37-42(56)54-46(64(59,60)24-31-32(47)15-11-16-33(31)48)22-27(46)12-7-5-4-6-8-17-34(43(57)55(37)23-29)53-45(58)63-28-13-9-10-14-28/h7,11-12,15-16,18-19,21,25-29,34,37H,4-6,8-10,13-14,17,20,22-24H2,1-3H3,(H,50,52)(H,53,58)(H,54,56)(H,59,60)/t27-,29-,34+,37+,46+/m1/s1. The van der Waals surface area contributed by atoms with Crippen molar-refractivity contribution in [2.75, 3.05) is 19.0 Å². The first kappa shape index (κ1) is 46.3. The van der Waals surface area contributed by atoms with Crippen molar-refractivity contribution in [3.8, 4) is 22.9 Å². The van der Waals surface area contributed by atoms with Crippen molar-refractivity contribution in [1.29, 1.82) is 0 Å². The monoisotopic (exact) mass is 938 g/mol. The summed E-state index contributed by atoms with van der Waals surface area (Å²) in [5.74, 6) is -4.59. The number of halogens is 3. The number of thiazole rings is 1. The Kier molecular flexibility index (Phi) is 13.8. The molecule has 0 spiro atoms. The molecule has 1 saturated heterocycles. The number of hydrogen-bond acceptors (Lipinski definition) is 11. The van der Waals surface area contributed by atoms with Gasteiger partial charge in [-0.2, -0.15) is 0 Å². The molecule has 19 heteroatoms. The van der Waals surface area contributed by atoms with Crippen LogP contribution in [0.25, 0.3) is 22.3 Å². The van der Waals surface area contributed by atoms with E-state index in [0.717, 1.165) is 31.0 Å². The molecular weight excluding hydrogens is 885 g/mol. The molecule has 14 nitrogen and oxygen atoms in total. The minimum absolute atomic E-state index is 0.0166. The summed E-state index contributed by atoms with van der Waals surface area (Å²) in [6.07, 6.45) is 6.80. The summed E-state index contributed by atoms with van der Waals surface area (Å²) in [7, 11) is -3.29. The maximum atomic E-state index is 16.0. The first-order chi connectivity index (χ1) is 31.2. The zero-order valence-electron chi connectivity index (χ0n) is 36.5. The van der Waals surface area contributed by atoms with Crippen LogP contribution >= 0.6 is 18.7 Å². The first-order valence-electron chi connectivity index (χ1n) is 22.2. The molecule has 4 heterocycles. The Bertz CT molecular complexity index is 2500. The zero-order valence-corrected chi connectivity index (χ0v) is 38.2. The Morgan fingerprint density at radius 2 is 1.77 bits per heavy atom. The van der Waals surface area contributed by atoms with Crippen LogP contribution in [0.3, 0.4) is 0 Å². The van der Waals surface area contributed by atoms with E-state index in [0.29, 0.717) is 55.0 Å². The average molecular weight is 939 g/mol. The molecule has 2 aromatic carbocycles. The fraction of sp³-hybridized carbons (Fsp3) is 0.500. The number of hydrogen-bond donors (Lipinski definition) is 4. The Morgan fingerprint density at radius 1 is 1.02 bits per heavy atom. The Balaban J connectivity index is 1.15. The summed E-state index contributed by atoms with van der Waals surface area (Å²) in [4.78, 5) is 65.3. The molecule has 1 unspecified atom stereocenters. The number of carbonyl (C=O) groups is 3. The summed E-state index contributed by atoms with van der Waals surface area (Å²) in [5.41, 5.74) is 0.107. The number of pyridine rings is 1. The second-order valence-corrected chi connectivity index (χ2v) is 21.0.